The number of anilines is 3. The van der Waals surface area contributed by atoms with Gasteiger partial charge in [0.25, 0.3) is 11.5 Å². The molecule has 0 aromatic carbocycles. The lowest BCUT2D eigenvalue weighted by Gasteiger charge is -2.32. The Morgan fingerprint density at radius 2 is 2.12 bits per heavy atom. The number of hydrogen-bond donors (Lipinski definition) is 4. The van der Waals surface area contributed by atoms with Crippen LogP contribution in [0.4, 0.5) is 21.7 Å². The van der Waals surface area contributed by atoms with Crippen molar-refractivity contribution in [2.45, 2.75) is 50.0 Å². The predicted octanol–water partition coefficient (Wildman–Crippen LogP) is 1.60. The highest BCUT2D eigenvalue weighted by Crippen LogP contribution is 2.33. The van der Waals surface area contributed by atoms with Gasteiger partial charge in [0.1, 0.15) is 29.1 Å². The fourth-order valence-electron chi connectivity index (χ4n) is 4.04. The SMILES string of the molecule is CNc1cc(Nc2cccn([C@H]3C[C@H](F)C3)c2=O)nc2c(C(=O)N[C@@H]3CC[C@H]3O)cnn12. The number of fused-ring (bicyclic) bond motifs is 1. The van der Waals surface area contributed by atoms with Gasteiger partial charge in [-0.15, -0.1) is 0 Å². The number of halogens is 1. The molecule has 0 radical (unpaired) electrons. The van der Waals surface area contributed by atoms with E-state index in [-0.39, 0.29) is 29.1 Å². The third kappa shape index (κ3) is 3.48. The maximum atomic E-state index is 13.3. The Morgan fingerprint density at radius 1 is 1.31 bits per heavy atom. The van der Waals surface area contributed by atoms with Crippen molar-refractivity contribution >= 4 is 28.9 Å². The van der Waals surface area contributed by atoms with Gasteiger partial charge in [0.05, 0.1) is 18.3 Å². The van der Waals surface area contributed by atoms with Crippen molar-refractivity contribution in [3.05, 3.63) is 46.5 Å². The quantitative estimate of drug-likeness (QED) is 0.458. The average molecular weight is 441 g/mol. The largest absolute Gasteiger partial charge is 0.391 e. The first-order chi connectivity index (χ1) is 15.4. The Balaban J connectivity index is 1.46. The molecule has 3 heterocycles. The number of alkyl halides is 1. The molecule has 2 atom stereocenters. The average Bonchev–Trinajstić information content (AvgIpc) is 3.19. The number of carbonyl (C=O) groups is 1. The molecule has 32 heavy (non-hydrogen) atoms. The van der Waals surface area contributed by atoms with Crippen molar-refractivity contribution in [2.24, 2.45) is 0 Å². The Kier molecular flexibility index (Phi) is 5.04. The third-order valence-corrected chi connectivity index (χ3v) is 6.21. The highest BCUT2D eigenvalue weighted by Gasteiger charge is 2.32. The second kappa shape index (κ2) is 7.90. The monoisotopic (exact) mass is 441 g/mol. The summed E-state index contributed by atoms with van der Waals surface area (Å²) < 4.78 is 16.3. The van der Waals surface area contributed by atoms with Crippen LogP contribution in [0.15, 0.2) is 35.4 Å². The van der Waals surface area contributed by atoms with E-state index in [0.717, 1.165) is 6.42 Å². The summed E-state index contributed by atoms with van der Waals surface area (Å²) in [6, 6.07) is 4.62. The maximum Gasteiger partial charge on any atom is 0.274 e. The van der Waals surface area contributed by atoms with E-state index in [0.29, 0.717) is 42.2 Å². The minimum atomic E-state index is -0.863. The number of pyridine rings is 1. The number of aromatic nitrogens is 4. The molecule has 168 valence electrons. The zero-order valence-corrected chi connectivity index (χ0v) is 17.5. The van der Waals surface area contributed by atoms with E-state index < -0.39 is 12.3 Å². The number of nitrogens with zero attached hydrogens (tertiary/aromatic N) is 4. The summed E-state index contributed by atoms with van der Waals surface area (Å²) in [6.07, 6.45) is 3.74. The molecule has 4 N–H and O–H groups in total. The summed E-state index contributed by atoms with van der Waals surface area (Å²) in [7, 11) is 1.71. The molecular formula is C21H24FN7O3. The number of carbonyl (C=O) groups excluding carboxylic acids is 1. The van der Waals surface area contributed by atoms with Crippen molar-refractivity contribution in [3.8, 4) is 0 Å². The van der Waals surface area contributed by atoms with Crippen molar-refractivity contribution in [3.63, 3.8) is 0 Å². The lowest BCUT2D eigenvalue weighted by Crippen LogP contribution is -2.50. The molecule has 3 aromatic heterocycles. The highest BCUT2D eigenvalue weighted by molar-refractivity contribution is 6.00. The molecule has 0 unspecified atom stereocenters. The van der Waals surface area contributed by atoms with Crippen LogP contribution in [0.2, 0.25) is 0 Å². The predicted molar refractivity (Wildman–Crippen MR) is 116 cm³/mol. The van der Waals surface area contributed by atoms with Gasteiger partial charge < -0.3 is 25.6 Å². The van der Waals surface area contributed by atoms with E-state index in [9.17, 15) is 19.1 Å². The Bertz CT molecular complexity index is 1230. The molecule has 3 aromatic rings. The van der Waals surface area contributed by atoms with E-state index in [1.807, 2.05) is 0 Å². The zero-order valence-electron chi connectivity index (χ0n) is 17.5. The van der Waals surface area contributed by atoms with Crippen LogP contribution in [0, 0.1) is 0 Å². The number of rotatable bonds is 6. The molecular weight excluding hydrogens is 417 g/mol. The van der Waals surface area contributed by atoms with Crippen LogP contribution in [-0.2, 0) is 0 Å². The number of aliphatic hydroxyl groups is 1. The second-order valence-corrected chi connectivity index (χ2v) is 8.28. The minimum Gasteiger partial charge on any atom is -0.391 e. The molecule has 5 rings (SSSR count). The van der Waals surface area contributed by atoms with Gasteiger partial charge >= 0.3 is 0 Å². The Morgan fingerprint density at radius 3 is 2.78 bits per heavy atom. The molecule has 10 nitrogen and oxygen atoms in total. The van der Waals surface area contributed by atoms with Crippen molar-refractivity contribution in [1.82, 2.24) is 24.5 Å². The molecule has 1 amide bonds. The van der Waals surface area contributed by atoms with Crippen molar-refractivity contribution < 1.29 is 14.3 Å². The van der Waals surface area contributed by atoms with E-state index >= 15 is 0 Å². The number of amides is 1. The fraction of sp³-hybridized carbons (Fsp3) is 0.429. The number of aliphatic hydroxyl groups excluding tert-OH is 1. The summed E-state index contributed by atoms with van der Waals surface area (Å²) in [4.78, 5) is 30.1. The van der Waals surface area contributed by atoms with Crippen LogP contribution in [0.5, 0.6) is 0 Å². The first kappa shape index (κ1) is 20.4. The van der Waals surface area contributed by atoms with E-state index in [2.05, 4.69) is 26.0 Å². The number of nitrogens with one attached hydrogen (secondary N) is 3. The minimum absolute atomic E-state index is 0.144. The smallest absolute Gasteiger partial charge is 0.274 e. The van der Waals surface area contributed by atoms with E-state index in [1.165, 1.54) is 15.3 Å². The van der Waals surface area contributed by atoms with Crippen LogP contribution in [-0.4, -0.2) is 55.5 Å². The summed E-state index contributed by atoms with van der Waals surface area (Å²) in [5.41, 5.74) is 0.610. The molecule has 11 heteroatoms. The van der Waals surface area contributed by atoms with Gasteiger partial charge in [0, 0.05) is 25.4 Å². The van der Waals surface area contributed by atoms with Crippen LogP contribution >= 0.6 is 0 Å². The van der Waals surface area contributed by atoms with E-state index in [4.69, 9.17) is 0 Å². The number of hydrogen-bond acceptors (Lipinski definition) is 7. The molecule has 2 saturated carbocycles. The Labute approximate surface area is 182 Å². The van der Waals surface area contributed by atoms with Crippen LogP contribution in [0.25, 0.3) is 5.65 Å². The van der Waals surface area contributed by atoms with Gasteiger partial charge in [-0.05, 0) is 37.8 Å². The summed E-state index contributed by atoms with van der Waals surface area (Å²) in [5, 5.41) is 22.9. The van der Waals surface area contributed by atoms with Crippen molar-refractivity contribution in [1.29, 1.82) is 0 Å². The molecule has 0 spiro atoms. The first-order valence-corrected chi connectivity index (χ1v) is 10.6. The Hall–Kier alpha value is -3.47. The van der Waals surface area contributed by atoms with E-state index in [1.54, 1.807) is 31.4 Å². The fourth-order valence-corrected chi connectivity index (χ4v) is 4.04. The lowest BCUT2D eigenvalue weighted by molar-refractivity contribution is 0.0448. The molecule has 0 aliphatic heterocycles. The lowest BCUT2D eigenvalue weighted by atomic mass is 9.89. The summed E-state index contributed by atoms with van der Waals surface area (Å²) in [6.45, 7) is 0. The molecule has 2 aliphatic rings. The first-order valence-electron chi connectivity index (χ1n) is 10.6. The molecule has 0 bridgehead atoms. The highest BCUT2D eigenvalue weighted by atomic mass is 19.1. The van der Waals surface area contributed by atoms with Crippen LogP contribution < -0.4 is 21.5 Å². The normalized spacial score (nSPS) is 24.5. The summed E-state index contributed by atoms with van der Waals surface area (Å²) >= 11 is 0. The van der Waals surface area contributed by atoms with Gasteiger partial charge in [-0.3, -0.25) is 9.59 Å². The van der Waals surface area contributed by atoms with Crippen molar-refractivity contribution in [2.75, 3.05) is 17.7 Å². The van der Waals surface area contributed by atoms with Gasteiger partial charge in [-0.1, -0.05) is 0 Å². The van der Waals surface area contributed by atoms with Gasteiger partial charge in [-0.2, -0.15) is 9.61 Å². The summed E-state index contributed by atoms with van der Waals surface area (Å²) in [5.74, 6) is 0.547. The molecule has 2 fully saturated rings. The standard InChI is InChI=1S/C21H24FN7O3/c1-23-18-9-17(25-15-3-2-6-28(21(15)32)12-7-11(22)8-12)27-19-13(10-24-29(18)19)20(31)26-14-4-5-16(14)30/h2-3,6,9-12,14,16,23,30H,4-5,7-8H2,1H3,(H,25,27)(H,26,31)/t11-,12-,14-,16-/m1/s1. The maximum absolute atomic E-state index is 13.3. The third-order valence-electron chi connectivity index (χ3n) is 6.21. The van der Waals surface area contributed by atoms with Crippen LogP contribution in [0.3, 0.4) is 0 Å². The second-order valence-electron chi connectivity index (χ2n) is 8.28. The topological polar surface area (TPSA) is 126 Å². The van der Waals surface area contributed by atoms with Gasteiger partial charge in [0.15, 0.2) is 5.65 Å². The van der Waals surface area contributed by atoms with Gasteiger partial charge in [0.2, 0.25) is 0 Å². The molecule has 0 saturated heterocycles. The molecule has 2 aliphatic carbocycles. The zero-order chi connectivity index (χ0) is 22.4. The van der Waals surface area contributed by atoms with Crippen LogP contribution in [0.1, 0.15) is 42.1 Å². The van der Waals surface area contributed by atoms with Gasteiger partial charge in [-0.25, -0.2) is 9.37 Å².